The predicted octanol–water partition coefficient (Wildman–Crippen LogP) is 2.81. The monoisotopic (exact) mass is 314 g/mol. The van der Waals surface area contributed by atoms with Gasteiger partial charge in [-0.25, -0.2) is 0 Å². The van der Waals surface area contributed by atoms with Crippen molar-refractivity contribution in [1.82, 2.24) is 9.88 Å². The Hall–Kier alpha value is -1.10. The van der Waals surface area contributed by atoms with Crippen LogP contribution in [0.5, 0.6) is 5.75 Å². The van der Waals surface area contributed by atoms with E-state index in [0.29, 0.717) is 12.1 Å². The summed E-state index contributed by atoms with van der Waals surface area (Å²) >= 11 is 3.37. The molecule has 4 nitrogen and oxygen atoms in total. The fraction of sp³-hybridized carbons (Fsp3) is 0.538. The third kappa shape index (κ3) is 3.45. The molecule has 18 heavy (non-hydrogen) atoms. The van der Waals surface area contributed by atoms with Crippen LogP contribution in [0.25, 0.3) is 0 Å². The lowest BCUT2D eigenvalue weighted by molar-refractivity contribution is 0.0679. The third-order valence-corrected chi connectivity index (χ3v) is 3.35. The van der Waals surface area contributed by atoms with Crippen molar-refractivity contribution in [2.45, 2.75) is 32.7 Å². The highest BCUT2D eigenvalue weighted by Gasteiger charge is 2.23. The Morgan fingerprint density at radius 1 is 1.50 bits per heavy atom. The quantitative estimate of drug-likeness (QED) is 0.821. The molecule has 1 rings (SSSR count). The number of pyridine rings is 1. The maximum atomic E-state index is 12.4. The maximum Gasteiger partial charge on any atom is 0.258 e. The van der Waals surface area contributed by atoms with Crippen molar-refractivity contribution in [3.05, 3.63) is 24.0 Å². The summed E-state index contributed by atoms with van der Waals surface area (Å²) in [6, 6.07) is 1.75. The Morgan fingerprint density at radius 2 is 2.17 bits per heavy atom. The summed E-state index contributed by atoms with van der Waals surface area (Å²) in [5, 5.41) is 10.4. The van der Waals surface area contributed by atoms with Gasteiger partial charge in [0.15, 0.2) is 0 Å². The zero-order chi connectivity index (χ0) is 13.5. The SMILES string of the molecule is CCC(CC)N(CCBr)C(=O)c1ccncc1O. The Balaban J connectivity index is 2.99. The number of aromatic hydroxyl groups is 1. The molecule has 5 heteroatoms. The third-order valence-electron chi connectivity index (χ3n) is 3.00. The molecule has 0 aromatic carbocycles. The second-order valence-corrected chi connectivity index (χ2v) is 4.84. The van der Waals surface area contributed by atoms with E-state index in [1.54, 1.807) is 6.07 Å². The van der Waals surface area contributed by atoms with Crippen molar-refractivity contribution in [1.29, 1.82) is 0 Å². The van der Waals surface area contributed by atoms with E-state index in [9.17, 15) is 9.90 Å². The van der Waals surface area contributed by atoms with Crippen LogP contribution < -0.4 is 0 Å². The van der Waals surface area contributed by atoms with E-state index in [2.05, 4.69) is 34.8 Å². The summed E-state index contributed by atoms with van der Waals surface area (Å²) in [4.78, 5) is 18.0. The summed E-state index contributed by atoms with van der Waals surface area (Å²) in [6.45, 7) is 4.76. The Morgan fingerprint density at radius 3 is 2.67 bits per heavy atom. The molecule has 1 N–H and O–H groups in total. The average Bonchev–Trinajstić information content (AvgIpc) is 2.39. The number of rotatable bonds is 6. The van der Waals surface area contributed by atoms with Crippen LogP contribution in [0.15, 0.2) is 18.5 Å². The molecule has 0 bridgehead atoms. The van der Waals surface area contributed by atoms with Gasteiger partial charge in [-0.3, -0.25) is 9.78 Å². The fourth-order valence-corrected chi connectivity index (χ4v) is 2.37. The highest BCUT2D eigenvalue weighted by molar-refractivity contribution is 9.09. The van der Waals surface area contributed by atoms with Crippen molar-refractivity contribution in [3.8, 4) is 5.75 Å². The van der Waals surface area contributed by atoms with Crippen molar-refractivity contribution in [2.24, 2.45) is 0 Å². The molecule has 0 saturated carbocycles. The molecule has 0 spiro atoms. The van der Waals surface area contributed by atoms with Crippen LogP contribution in [-0.4, -0.2) is 38.8 Å². The average molecular weight is 315 g/mol. The van der Waals surface area contributed by atoms with Crippen molar-refractivity contribution >= 4 is 21.8 Å². The van der Waals surface area contributed by atoms with E-state index in [1.165, 1.54) is 12.4 Å². The van der Waals surface area contributed by atoms with Gasteiger partial charge < -0.3 is 10.0 Å². The van der Waals surface area contributed by atoms with Crippen molar-refractivity contribution in [2.75, 3.05) is 11.9 Å². The number of carbonyl (C=O) groups excluding carboxylic acids is 1. The van der Waals surface area contributed by atoms with Gasteiger partial charge in [0.2, 0.25) is 0 Å². The Bertz CT molecular complexity index is 394. The van der Waals surface area contributed by atoms with Crippen LogP contribution in [-0.2, 0) is 0 Å². The molecule has 0 unspecified atom stereocenters. The maximum absolute atomic E-state index is 12.4. The molecule has 1 heterocycles. The lowest BCUT2D eigenvalue weighted by atomic mass is 10.1. The lowest BCUT2D eigenvalue weighted by Crippen LogP contribution is -2.41. The van der Waals surface area contributed by atoms with Gasteiger partial charge in [0.1, 0.15) is 5.75 Å². The highest BCUT2D eigenvalue weighted by Crippen LogP contribution is 2.20. The standard InChI is InChI=1S/C13H19BrN2O2/c1-3-10(4-2)16(8-6-14)13(18)11-5-7-15-9-12(11)17/h5,7,9-10,17H,3-4,6,8H2,1-2H3. The molecule has 0 aliphatic carbocycles. The van der Waals surface area contributed by atoms with Gasteiger partial charge in [-0.15, -0.1) is 0 Å². The van der Waals surface area contributed by atoms with Crippen LogP contribution in [0.4, 0.5) is 0 Å². The van der Waals surface area contributed by atoms with Crippen LogP contribution >= 0.6 is 15.9 Å². The van der Waals surface area contributed by atoms with Gasteiger partial charge in [0.05, 0.1) is 11.8 Å². The number of aromatic nitrogens is 1. The molecule has 1 aromatic heterocycles. The minimum absolute atomic E-state index is 0.0620. The minimum atomic E-state index is -0.136. The first-order valence-corrected chi connectivity index (χ1v) is 7.27. The van der Waals surface area contributed by atoms with E-state index in [0.717, 1.165) is 18.2 Å². The highest BCUT2D eigenvalue weighted by atomic mass is 79.9. The normalized spacial score (nSPS) is 10.7. The second-order valence-electron chi connectivity index (χ2n) is 4.05. The van der Waals surface area contributed by atoms with Gasteiger partial charge in [0.25, 0.3) is 5.91 Å². The molecule has 0 aliphatic heterocycles. The summed E-state index contributed by atoms with van der Waals surface area (Å²) in [5.41, 5.74) is 0.317. The van der Waals surface area contributed by atoms with Crippen LogP contribution in [0.2, 0.25) is 0 Å². The van der Waals surface area contributed by atoms with E-state index < -0.39 is 0 Å². The first-order valence-electron chi connectivity index (χ1n) is 6.15. The number of hydrogen-bond acceptors (Lipinski definition) is 3. The van der Waals surface area contributed by atoms with Crippen LogP contribution in [0, 0.1) is 0 Å². The van der Waals surface area contributed by atoms with Crippen LogP contribution in [0.1, 0.15) is 37.0 Å². The van der Waals surface area contributed by atoms with E-state index in [-0.39, 0.29) is 17.7 Å². The number of carbonyl (C=O) groups is 1. The van der Waals surface area contributed by atoms with Gasteiger partial charge in [-0.05, 0) is 18.9 Å². The summed E-state index contributed by atoms with van der Waals surface area (Å²) in [6.07, 6.45) is 4.63. The molecular formula is C13H19BrN2O2. The van der Waals surface area contributed by atoms with Gasteiger partial charge in [0, 0.05) is 24.1 Å². The number of amides is 1. The van der Waals surface area contributed by atoms with Gasteiger partial charge in [-0.2, -0.15) is 0 Å². The van der Waals surface area contributed by atoms with Crippen molar-refractivity contribution < 1.29 is 9.90 Å². The van der Waals surface area contributed by atoms with E-state index in [1.807, 2.05) is 4.90 Å². The van der Waals surface area contributed by atoms with Crippen molar-refractivity contribution in [3.63, 3.8) is 0 Å². The number of alkyl halides is 1. The molecule has 0 fully saturated rings. The van der Waals surface area contributed by atoms with Gasteiger partial charge >= 0.3 is 0 Å². The zero-order valence-corrected chi connectivity index (χ0v) is 12.4. The predicted molar refractivity (Wildman–Crippen MR) is 75.1 cm³/mol. The molecule has 0 radical (unpaired) electrons. The fourth-order valence-electron chi connectivity index (χ4n) is 1.99. The molecule has 0 aliphatic rings. The molecule has 1 amide bonds. The van der Waals surface area contributed by atoms with Crippen LogP contribution in [0.3, 0.4) is 0 Å². The zero-order valence-electron chi connectivity index (χ0n) is 10.8. The number of halogens is 1. The van der Waals surface area contributed by atoms with E-state index >= 15 is 0 Å². The first-order chi connectivity index (χ1) is 8.65. The molecular weight excluding hydrogens is 296 g/mol. The Kier molecular flexibility index (Phi) is 6.12. The lowest BCUT2D eigenvalue weighted by Gasteiger charge is -2.30. The second kappa shape index (κ2) is 7.36. The molecule has 100 valence electrons. The summed E-state index contributed by atoms with van der Waals surface area (Å²) < 4.78 is 0. The molecule has 1 aromatic rings. The molecule has 0 atom stereocenters. The van der Waals surface area contributed by atoms with E-state index in [4.69, 9.17) is 0 Å². The first kappa shape index (κ1) is 15.0. The topological polar surface area (TPSA) is 53.4 Å². The number of hydrogen-bond donors (Lipinski definition) is 1. The Labute approximate surface area is 116 Å². The summed E-state index contributed by atoms with van der Waals surface area (Å²) in [5.74, 6) is -0.198. The minimum Gasteiger partial charge on any atom is -0.505 e. The smallest absolute Gasteiger partial charge is 0.258 e. The largest absolute Gasteiger partial charge is 0.505 e. The number of nitrogens with zero attached hydrogens (tertiary/aromatic N) is 2. The molecule has 0 saturated heterocycles. The van der Waals surface area contributed by atoms with Gasteiger partial charge in [-0.1, -0.05) is 29.8 Å². The summed E-state index contributed by atoms with van der Waals surface area (Å²) in [7, 11) is 0.